The molecule has 5 rings (SSSR count). The number of fused-ring (bicyclic) bond motifs is 2. The molecule has 2 aliphatic rings. The molecule has 1 aliphatic heterocycles. The summed E-state index contributed by atoms with van der Waals surface area (Å²) in [5.41, 5.74) is 3.94. The molecule has 2 aromatic carbocycles. The van der Waals surface area contributed by atoms with Gasteiger partial charge in [-0.25, -0.2) is 4.98 Å². The number of nitrogens with zero attached hydrogens (tertiary/aromatic N) is 2. The standard InChI is InChI=1S/C25H23N3O4.C2H6/c1-31-16-8-7-15(22(13-16)32-2)14-27-23-18-9-10-21(17(18)11-12-26-23)28-24(29)19-5-3-4-6-20(19)25(28)30;1-2/h3-8,11-13,21H,9-10,14H2,1-2H3,(H,26,27);1-2H3/t21-;/m1./s1. The van der Waals surface area contributed by atoms with E-state index in [1.54, 1.807) is 44.7 Å². The zero-order valence-electron chi connectivity index (χ0n) is 19.9. The Morgan fingerprint density at radius 3 is 2.35 bits per heavy atom. The van der Waals surface area contributed by atoms with E-state index in [2.05, 4.69) is 10.3 Å². The van der Waals surface area contributed by atoms with Crippen LogP contribution in [0.2, 0.25) is 0 Å². The van der Waals surface area contributed by atoms with Gasteiger partial charge < -0.3 is 14.8 Å². The Balaban J connectivity index is 0.00000133. The number of carbonyl (C=O) groups is 2. The van der Waals surface area contributed by atoms with Crippen molar-refractivity contribution in [3.63, 3.8) is 0 Å². The van der Waals surface area contributed by atoms with Gasteiger partial charge in [-0.05, 0) is 54.3 Å². The molecule has 7 nitrogen and oxygen atoms in total. The fourth-order valence-electron chi connectivity index (χ4n) is 4.61. The summed E-state index contributed by atoms with van der Waals surface area (Å²) in [7, 11) is 3.25. The van der Waals surface area contributed by atoms with Crippen molar-refractivity contribution < 1.29 is 19.1 Å². The molecule has 1 aromatic heterocycles. The summed E-state index contributed by atoms with van der Waals surface area (Å²) in [5, 5.41) is 3.40. The maximum Gasteiger partial charge on any atom is 0.262 e. The van der Waals surface area contributed by atoms with E-state index in [0.717, 1.165) is 40.4 Å². The zero-order valence-corrected chi connectivity index (χ0v) is 19.9. The maximum absolute atomic E-state index is 13.0. The van der Waals surface area contributed by atoms with Crippen molar-refractivity contribution >= 4 is 17.6 Å². The van der Waals surface area contributed by atoms with Crippen LogP contribution in [0, 0.1) is 0 Å². The SMILES string of the molecule is CC.COc1ccc(CNc2nccc3c2CC[C@H]3N2C(=O)c3ccccc3C2=O)c(OC)c1. The molecule has 0 unspecified atom stereocenters. The van der Waals surface area contributed by atoms with Gasteiger partial charge in [-0.2, -0.15) is 0 Å². The molecular weight excluding hydrogens is 430 g/mol. The number of rotatable bonds is 6. The lowest BCUT2D eigenvalue weighted by molar-refractivity contribution is 0.0582. The van der Waals surface area contributed by atoms with E-state index in [9.17, 15) is 9.59 Å². The number of imide groups is 1. The van der Waals surface area contributed by atoms with Gasteiger partial charge in [-0.1, -0.05) is 26.0 Å². The number of ether oxygens (including phenoxy) is 2. The summed E-state index contributed by atoms with van der Waals surface area (Å²) < 4.78 is 10.7. The Bertz CT molecular complexity index is 1190. The number of amides is 2. The van der Waals surface area contributed by atoms with Gasteiger partial charge in [0.05, 0.1) is 31.4 Å². The second kappa shape index (κ2) is 9.95. The number of anilines is 1. The number of methoxy groups -OCH3 is 2. The summed E-state index contributed by atoms with van der Waals surface area (Å²) in [6.07, 6.45) is 3.15. The van der Waals surface area contributed by atoms with Crippen LogP contribution in [0.5, 0.6) is 11.5 Å². The number of benzene rings is 2. The Hall–Kier alpha value is -3.87. The van der Waals surface area contributed by atoms with E-state index in [0.29, 0.717) is 24.1 Å². The molecule has 2 amide bonds. The van der Waals surface area contributed by atoms with Crippen LogP contribution in [0.15, 0.2) is 54.7 Å². The van der Waals surface area contributed by atoms with Gasteiger partial charge in [0.1, 0.15) is 17.3 Å². The van der Waals surface area contributed by atoms with Crippen molar-refractivity contribution in [2.75, 3.05) is 19.5 Å². The fraction of sp³-hybridized carbons (Fsp3) is 0.296. The van der Waals surface area contributed by atoms with Crippen molar-refractivity contribution in [3.05, 3.63) is 82.5 Å². The molecule has 0 saturated heterocycles. The highest BCUT2D eigenvalue weighted by atomic mass is 16.5. The lowest BCUT2D eigenvalue weighted by atomic mass is 10.1. The van der Waals surface area contributed by atoms with Crippen LogP contribution in [0.4, 0.5) is 5.82 Å². The second-order valence-corrected chi connectivity index (χ2v) is 7.84. The molecule has 2 heterocycles. The molecule has 1 atom stereocenters. The van der Waals surface area contributed by atoms with Crippen molar-refractivity contribution in [3.8, 4) is 11.5 Å². The molecule has 0 bridgehead atoms. The van der Waals surface area contributed by atoms with E-state index < -0.39 is 0 Å². The number of hydrogen-bond acceptors (Lipinski definition) is 6. The van der Waals surface area contributed by atoms with Crippen LogP contribution < -0.4 is 14.8 Å². The van der Waals surface area contributed by atoms with Gasteiger partial charge >= 0.3 is 0 Å². The van der Waals surface area contributed by atoms with Crippen LogP contribution in [-0.4, -0.2) is 35.9 Å². The van der Waals surface area contributed by atoms with Crippen LogP contribution in [0.25, 0.3) is 0 Å². The van der Waals surface area contributed by atoms with Crippen LogP contribution in [0.3, 0.4) is 0 Å². The summed E-state index contributed by atoms with van der Waals surface area (Å²) in [6.45, 7) is 4.52. The molecule has 0 radical (unpaired) electrons. The van der Waals surface area contributed by atoms with Crippen molar-refractivity contribution in [1.82, 2.24) is 9.88 Å². The number of pyridine rings is 1. The van der Waals surface area contributed by atoms with Gasteiger partial charge in [0, 0.05) is 24.4 Å². The quantitative estimate of drug-likeness (QED) is 0.522. The van der Waals surface area contributed by atoms with Gasteiger partial charge in [0.15, 0.2) is 0 Å². The Morgan fingerprint density at radius 2 is 1.71 bits per heavy atom. The average molecular weight is 460 g/mol. The lowest BCUT2D eigenvalue weighted by Gasteiger charge is -2.23. The van der Waals surface area contributed by atoms with Crippen LogP contribution >= 0.6 is 0 Å². The lowest BCUT2D eigenvalue weighted by Crippen LogP contribution is -2.33. The van der Waals surface area contributed by atoms with E-state index in [1.165, 1.54) is 4.90 Å². The predicted molar refractivity (Wildman–Crippen MR) is 130 cm³/mol. The first kappa shape index (κ1) is 23.3. The molecular formula is C27H29N3O4. The molecule has 34 heavy (non-hydrogen) atoms. The molecule has 0 spiro atoms. The first-order valence-electron chi connectivity index (χ1n) is 11.5. The maximum atomic E-state index is 13.0. The number of carbonyl (C=O) groups excluding carboxylic acids is 2. The van der Waals surface area contributed by atoms with Gasteiger partial charge in [-0.3, -0.25) is 14.5 Å². The topological polar surface area (TPSA) is 80.8 Å². The normalized spacial score (nSPS) is 15.9. The monoisotopic (exact) mass is 459 g/mol. The predicted octanol–water partition coefficient (Wildman–Crippen LogP) is 5.02. The third-order valence-corrected chi connectivity index (χ3v) is 6.20. The number of hydrogen-bond donors (Lipinski definition) is 1. The van der Waals surface area contributed by atoms with Gasteiger partial charge in [0.25, 0.3) is 11.8 Å². The molecule has 0 fully saturated rings. The average Bonchev–Trinajstić information content (AvgIpc) is 3.42. The Kier molecular flexibility index (Phi) is 6.82. The fourth-order valence-corrected chi connectivity index (χ4v) is 4.61. The first-order chi connectivity index (χ1) is 16.6. The highest BCUT2D eigenvalue weighted by Crippen LogP contribution is 2.42. The van der Waals surface area contributed by atoms with Gasteiger partial charge in [-0.15, -0.1) is 0 Å². The molecule has 3 aromatic rings. The molecule has 0 saturated carbocycles. The number of aromatic nitrogens is 1. The summed E-state index contributed by atoms with van der Waals surface area (Å²) in [5.74, 6) is 1.77. The Labute approximate surface area is 199 Å². The Morgan fingerprint density at radius 1 is 1.00 bits per heavy atom. The minimum absolute atomic E-state index is 0.224. The zero-order chi connectivity index (χ0) is 24.2. The minimum Gasteiger partial charge on any atom is -0.497 e. The van der Waals surface area contributed by atoms with Crippen molar-refractivity contribution in [2.45, 2.75) is 39.3 Å². The summed E-state index contributed by atoms with van der Waals surface area (Å²) >= 11 is 0. The second-order valence-electron chi connectivity index (χ2n) is 7.84. The molecule has 7 heteroatoms. The van der Waals surface area contributed by atoms with E-state index in [-0.39, 0.29) is 17.9 Å². The van der Waals surface area contributed by atoms with Crippen LogP contribution in [-0.2, 0) is 13.0 Å². The third-order valence-electron chi connectivity index (χ3n) is 6.20. The largest absolute Gasteiger partial charge is 0.497 e. The molecule has 176 valence electrons. The smallest absolute Gasteiger partial charge is 0.262 e. The molecule has 1 N–H and O–H groups in total. The van der Waals surface area contributed by atoms with Gasteiger partial charge in [0.2, 0.25) is 0 Å². The van der Waals surface area contributed by atoms with E-state index in [4.69, 9.17) is 9.47 Å². The highest BCUT2D eigenvalue weighted by molar-refractivity contribution is 6.21. The summed E-state index contributed by atoms with van der Waals surface area (Å²) in [6, 6.07) is 14.3. The summed E-state index contributed by atoms with van der Waals surface area (Å²) in [4.78, 5) is 31.9. The molecule has 1 aliphatic carbocycles. The number of nitrogens with one attached hydrogen (secondary N) is 1. The first-order valence-corrected chi connectivity index (χ1v) is 11.5. The minimum atomic E-state index is -0.281. The van der Waals surface area contributed by atoms with Crippen molar-refractivity contribution in [1.29, 1.82) is 0 Å². The van der Waals surface area contributed by atoms with E-state index in [1.807, 2.05) is 38.1 Å². The van der Waals surface area contributed by atoms with E-state index >= 15 is 0 Å². The third kappa shape index (κ3) is 3.98. The van der Waals surface area contributed by atoms with Crippen LogP contribution in [0.1, 0.15) is 63.7 Å². The van der Waals surface area contributed by atoms with Crippen molar-refractivity contribution in [2.24, 2.45) is 0 Å². The highest BCUT2D eigenvalue weighted by Gasteiger charge is 2.43.